The molecule has 5 heteroatoms. The number of benzene rings is 1. The third kappa shape index (κ3) is 3.51. The van der Waals surface area contributed by atoms with E-state index in [1.165, 1.54) is 0 Å². The Hall–Kier alpha value is -1.59. The molecule has 0 saturated carbocycles. The van der Waals surface area contributed by atoms with Crippen LogP contribution >= 0.6 is 0 Å². The van der Waals surface area contributed by atoms with Crippen LogP contribution in [0.2, 0.25) is 0 Å². The molecule has 1 aromatic rings. The third-order valence-electron chi connectivity index (χ3n) is 4.48. The largest absolute Gasteiger partial charge is 0.496 e. The Morgan fingerprint density at radius 1 is 1.35 bits per heavy atom. The second kappa shape index (κ2) is 6.89. The minimum Gasteiger partial charge on any atom is -0.496 e. The molecule has 1 aliphatic rings. The van der Waals surface area contributed by atoms with Crippen LogP contribution in [0.15, 0.2) is 12.1 Å². The molecule has 0 aromatic heterocycles. The van der Waals surface area contributed by atoms with E-state index in [0.717, 1.165) is 29.0 Å². The summed E-state index contributed by atoms with van der Waals surface area (Å²) >= 11 is 0. The van der Waals surface area contributed by atoms with Gasteiger partial charge in [0.15, 0.2) is 0 Å². The van der Waals surface area contributed by atoms with Gasteiger partial charge in [-0.25, -0.2) is 0 Å². The van der Waals surface area contributed by atoms with Crippen LogP contribution in [0.1, 0.15) is 50.8 Å². The molecule has 1 unspecified atom stereocenters. The molecule has 0 aliphatic carbocycles. The van der Waals surface area contributed by atoms with Crippen molar-refractivity contribution in [2.45, 2.75) is 45.1 Å². The van der Waals surface area contributed by atoms with Gasteiger partial charge >= 0.3 is 0 Å². The van der Waals surface area contributed by atoms with E-state index in [4.69, 9.17) is 15.2 Å². The Labute approximate surface area is 138 Å². The molecule has 0 bridgehead atoms. The van der Waals surface area contributed by atoms with Crippen molar-refractivity contribution in [3.8, 4) is 5.75 Å². The van der Waals surface area contributed by atoms with E-state index in [0.29, 0.717) is 19.6 Å². The van der Waals surface area contributed by atoms with Crippen molar-refractivity contribution < 1.29 is 14.3 Å². The number of anilines is 1. The fraction of sp³-hybridized carbons (Fsp3) is 0.611. The molecular formula is C18H28N2O3. The molecule has 0 saturated heterocycles. The lowest BCUT2D eigenvalue weighted by Gasteiger charge is -2.39. The standard InChI is InChI=1S/C18H28N2O3/c1-12(19)13-9-15-14(10-16(13)23-5)18(2,3)11-17(21)20(15)7-6-8-22-4/h9-10,12H,6-8,11,19H2,1-5H3. The Morgan fingerprint density at radius 3 is 2.61 bits per heavy atom. The van der Waals surface area contributed by atoms with E-state index in [2.05, 4.69) is 13.8 Å². The number of nitrogens with two attached hydrogens (primary N) is 1. The highest BCUT2D eigenvalue weighted by molar-refractivity contribution is 5.98. The van der Waals surface area contributed by atoms with Crippen molar-refractivity contribution >= 4 is 11.6 Å². The first-order valence-corrected chi connectivity index (χ1v) is 8.09. The number of methoxy groups -OCH3 is 2. The Balaban J connectivity index is 2.52. The lowest BCUT2D eigenvalue weighted by atomic mass is 9.76. The van der Waals surface area contributed by atoms with Gasteiger partial charge in [0.25, 0.3) is 0 Å². The first kappa shape index (κ1) is 17.8. The van der Waals surface area contributed by atoms with Gasteiger partial charge in [0.1, 0.15) is 5.75 Å². The monoisotopic (exact) mass is 320 g/mol. The number of ether oxygens (including phenoxy) is 2. The summed E-state index contributed by atoms with van der Waals surface area (Å²) in [5.74, 6) is 0.942. The molecule has 1 heterocycles. The number of amides is 1. The molecule has 0 radical (unpaired) electrons. The van der Waals surface area contributed by atoms with E-state index < -0.39 is 0 Å². The fourth-order valence-corrected chi connectivity index (χ4v) is 3.20. The molecule has 23 heavy (non-hydrogen) atoms. The average molecular weight is 320 g/mol. The highest BCUT2D eigenvalue weighted by Gasteiger charge is 2.37. The molecule has 128 valence electrons. The van der Waals surface area contributed by atoms with Crippen LogP contribution < -0.4 is 15.4 Å². The van der Waals surface area contributed by atoms with Gasteiger partial charge in [0.05, 0.1) is 7.11 Å². The summed E-state index contributed by atoms with van der Waals surface area (Å²) in [4.78, 5) is 14.5. The van der Waals surface area contributed by atoms with Crippen LogP contribution in [0, 0.1) is 0 Å². The number of carbonyl (C=O) groups is 1. The number of nitrogens with zero attached hydrogens (tertiary/aromatic N) is 1. The van der Waals surface area contributed by atoms with E-state index in [9.17, 15) is 4.79 Å². The van der Waals surface area contributed by atoms with E-state index in [-0.39, 0.29) is 17.4 Å². The molecule has 0 fully saturated rings. The van der Waals surface area contributed by atoms with Crippen LogP contribution in [0.4, 0.5) is 5.69 Å². The van der Waals surface area contributed by atoms with Crippen molar-refractivity contribution in [3.63, 3.8) is 0 Å². The number of hydrogen-bond acceptors (Lipinski definition) is 4. The Bertz CT molecular complexity index is 582. The van der Waals surface area contributed by atoms with Gasteiger partial charge in [-0.15, -0.1) is 0 Å². The van der Waals surface area contributed by atoms with E-state index >= 15 is 0 Å². The SMILES string of the molecule is COCCCN1C(=O)CC(C)(C)c2cc(OC)c(C(C)N)cc21. The summed E-state index contributed by atoms with van der Waals surface area (Å²) in [5, 5.41) is 0. The van der Waals surface area contributed by atoms with Crippen LogP contribution in [0.5, 0.6) is 5.75 Å². The van der Waals surface area contributed by atoms with Crippen molar-refractivity contribution in [2.24, 2.45) is 5.73 Å². The molecule has 1 aliphatic heterocycles. The summed E-state index contributed by atoms with van der Waals surface area (Å²) in [6, 6.07) is 3.91. The van der Waals surface area contributed by atoms with Gasteiger partial charge in [-0.1, -0.05) is 13.8 Å². The number of fused-ring (bicyclic) bond motifs is 1. The number of hydrogen-bond donors (Lipinski definition) is 1. The maximum atomic E-state index is 12.6. The molecule has 5 nitrogen and oxygen atoms in total. The predicted octanol–water partition coefficient (Wildman–Crippen LogP) is 2.77. The Kier molecular flexibility index (Phi) is 5.32. The van der Waals surface area contributed by atoms with Crippen molar-refractivity contribution in [3.05, 3.63) is 23.3 Å². The second-order valence-corrected chi connectivity index (χ2v) is 6.85. The predicted molar refractivity (Wildman–Crippen MR) is 92.1 cm³/mol. The van der Waals surface area contributed by atoms with Crippen LogP contribution in [0.3, 0.4) is 0 Å². The normalized spacial score (nSPS) is 17.8. The maximum Gasteiger partial charge on any atom is 0.227 e. The van der Waals surface area contributed by atoms with Crippen LogP contribution in [0.25, 0.3) is 0 Å². The second-order valence-electron chi connectivity index (χ2n) is 6.85. The third-order valence-corrected chi connectivity index (χ3v) is 4.48. The Morgan fingerprint density at radius 2 is 2.04 bits per heavy atom. The molecule has 1 atom stereocenters. The summed E-state index contributed by atoms with van der Waals surface area (Å²) in [6.45, 7) is 7.41. The van der Waals surface area contributed by atoms with Gasteiger partial charge in [-0.2, -0.15) is 0 Å². The van der Waals surface area contributed by atoms with Crippen molar-refractivity contribution in [1.29, 1.82) is 0 Å². The minimum absolute atomic E-state index is 0.152. The van der Waals surface area contributed by atoms with Gasteiger partial charge in [-0.05, 0) is 31.0 Å². The van der Waals surface area contributed by atoms with Crippen LogP contribution in [-0.4, -0.2) is 33.3 Å². The number of carbonyl (C=O) groups excluding carboxylic acids is 1. The zero-order valence-electron chi connectivity index (χ0n) is 14.8. The van der Waals surface area contributed by atoms with Gasteiger partial charge < -0.3 is 20.1 Å². The lowest BCUT2D eigenvalue weighted by Crippen LogP contribution is -2.42. The highest BCUT2D eigenvalue weighted by Crippen LogP contribution is 2.44. The quantitative estimate of drug-likeness (QED) is 0.819. The topological polar surface area (TPSA) is 64.8 Å². The van der Waals surface area contributed by atoms with Crippen LogP contribution in [-0.2, 0) is 14.9 Å². The van der Waals surface area contributed by atoms with Crippen molar-refractivity contribution in [2.75, 3.05) is 32.3 Å². The zero-order valence-corrected chi connectivity index (χ0v) is 14.8. The lowest BCUT2D eigenvalue weighted by molar-refractivity contribution is -0.120. The minimum atomic E-state index is -0.214. The first-order valence-electron chi connectivity index (χ1n) is 8.09. The summed E-state index contributed by atoms with van der Waals surface area (Å²) in [7, 11) is 3.33. The fourth-order valence-electron chi connectivity index (χ4n) is 3.20. The zero-order chi connectivity index (χ0) is 17.2. The van der Waals surface area contributed by atoms with E-state index in [1.807, 2.05) is 24.0 Å². The number of rotatable bonds is 6. The molecule has 1 aromatic carbocycles. The van der Waals surface area contributed by atoms with E-state index in [1.54, 1.807) is 14.2 Å². The maximum absolute atomic E-state index is 12.6. The summed E-state index contributed by atoms with van der Waals surface area (Å²) in [5.41, 5.74) is 8.89. The molecule has 0 spiro atoms. The molecule has 2 rings (SSSR count). The summed E-state index contributed by atoms with van der Waals surface area (Å²) < 4.78 is 10.6. The smallest absolute Gasteiger partial charge is 0.227 e. The van der Waals surface area contributed by atoms with Gasteiger partial charge in [0, 0.05) is 49.4 Å². The highest BCUT2D eigenvalue weighted by atomic mass is 16.5. The summed E-state index contributed by atoms with van der Waals surface area (Å²) in [6.07, 6.45) is 1.30. The van der Waals surface area contributed by atoms with Crippen molar-refractivity contribution in [1.82, 2.24) is 0 Å². The first-order chi connectivity index (χ1) is 10.8. The van der Waals surface area contributed by atoms with Gasteiger partial charge in [-0.3, -0.25) is 4.79 Å². The molecule has 1 amide bonds. The molecule has 2 N–H and O–H groups in total. The van der Waals surface area contributed by atoms with Gasteiger partial charge in [0.2, 0.25) is 5.91 Å². The molecular weight excluding hydrogens is 292 g/mol. The average Bonchev–Trinajstić information content (AvgIpc) is 2.48.